The zero-order chi connectivity index (χ0) is 27.9. The van der Waals surface area contributed by atoms with Crippen molar-refractivity contribution in [3.63, 3.8) is 0 Å². The highest BCUT2D eigenvalue weighted by Crippen LogP contribution is 2.37. The summed E-state index contributed by atoms with van der Waals surface area (Å²) in [5.41, 5.74) is -0.505. The zero-order valence-corrected chi connectivity index (χ0v) is 22.4. The molecule has 2 heterocycles. The first kappa shape index (κ1) is 27.9. The fourth-order valence-electron chi connectivity index (χ4n) is 5.11. The number of carbonyl (C=O) groups excluding carboxylic acids is 2. The molecule has 1 fully saturated rings. The predicted molar refractivity (Wildman–Crippen MR) is 137 cm³/mol. The van der Waals surface area contributed by atoms with Crippen LogP contribution in [0.4, 0.5) is 19.1 Å². The van der Waals surface area contributed by atoms with Gasteiger partial charge in [-0.2, -0.15) is 13.2 Å². The lowest BCUT2D eigenvalue weighted by atomic mass is 9.74. The number of nitrogens with one attached hydrogen (secondary N) is 2. The second-order valence-corrected chi connectivity index (χ2v) is 10.8. The van der Waals surface area contributed by atoms with Gasteiger partial charge in [-0.25, -0.2) is 4.98 Å². The maximum atomic E-state index is 13.6. The molecule has 1 atom stereocenters. The van der Waals surface area contributed by atoms with Gasteiger partial charge in [-0.15, -0.1) is 0 Å². The minimum absolute atomic E-state index is 0.000633. The molecule has 1 aromatic heterocycles. The summed E-state index contributed by atoms with van der Waals surface area (Å²) in [4.78, 5) is 44.9. The Bertz CT molecular complexity index is 1300. The van der Waals surface area contributed by atoms with E-state index in [1.54, 1.807) is 18.5 Å². The molecule has 0 radical (unpaired) electrons. The van der Waals surface area contributed by atoms with Crippen molar-refractivity contribution in [1.29, 1.82) is 0 Å². The van der Waals surface area contributed by atoms with Gasteiger partial charge in [0.25, 0.3) is 11.5 Å². The number of carbonyl (C=O) groups is 2. The van der Waals surface area contributed by atoms with Crippen LogP contribution in [0, 0.1) is 11.8 Å². The topological polar surface area (TPSA) is 96.3 Å². The fourth-order valence-corrected chi connectivity index (χ4v) is 5.33. The Hall–Kier alpha value is -3.08. The van der Waals surface area contributed by atoms with Crippen LogP contribution in [0.3, 0.4) is 0 Å². The number of alkyl halides is 3. The largest absolute Gasteiger partial charge is 0.417 e. The van der Waals surface area contributed by atoms with E-state index in [1.165, 1.54) is 11.0 Å². The van der Waals surface area contributed by atoms with Crippen LogP contribution in [0.2, 0.25) is 5.02 Å². The highest BCUT2D eigenvalue weighted by Gasteiger charge is 2.38. The SMILES string of the molecule is CNC(=O)C1CC(Cn2c(NC(C)C)nc3c(c2=O)C[C@@H](C)N(C(=O)c2ccc(Cl)c(C(F)(F)F)c2)C3)C1. The standard InChI is InChI=1S/C26H31ClF3N5O3/c1-13(2)32-25-33-21-12-34(23(37)16-5-6-20(27)19(10-16)26(28,29)30)14(3)7-18(21)24(38)35(25)11-15-8-17(9-15)22(36)31-4/h5-6,10,13-15,17H,7-9,11-12H2,1-4H3,(H,31,36)(H,32,33)/t14-,15?,17?/m1/s1. The van der Waals surface area contributed by atoms with Crippen molar-refractivity contribution in [2.75, 3.05) is 12.4 Å². The summed E-state index contributed by atoms with van der Waals surface area (Å²) in [5, 5.41) is 5.39. The van der Waals surface area contributed by atoms with Crippen LogP contribution < -0.4 is 16.2 Å². The van der Waals surface area contributed by atoms with E-state index < -0.39 is 28.7 Å². The van der Waals surface area contributed by atoms with Gasteiger partial charge >= 0.3 is 6.18 Å². The minimum Gasteiger partial charge on any atom is -0.359 e. The molecule has 8 nitrogen and oxygen atoms in total. The molecule has 2 aromatic rings. The third-order valence-corrected chi connectivity index (χ3v) is 7.52. The number of nitrogens with zero attached hydrogens (tertiary/aromatic N) is 3. The first-order valence-electron chi connectivity index (χ1n) is 12.6. The molecule has 12 heteroatoms. The van der Waals surface area contributed by atoms with E-state index in [1.807, 2.05) is 13.8 Å². The summed E-state index contributed by atoms with van der Waals surface area (Å²) in [6, 6.07) is 2.63. The Balaban J connectivity index is 1.63. The second kappa shape index (κ2) is 10.6. The maximum Gasteiger partial charge on any atom is 0.417 e. The molecule has 1 aliphatic carbocycles. The van der Waals surface area contributed by atoms with E-state index in [2.05, 4.69) is 10.6 Å². The van der Waals surface area contributed by atoms with Gasteiger partial charge in [0.05, 0.1) is 22.8 Å². The fraction of sp³-hybridized carbons (Fsp3) is 0.538. The zero-order valence-electron chi connectivity index (χ0n) is 21.7. The Labute approximate surface area is 223 Å². The minimum atomic E-state index is -4.70. The summed E-state index contributed by atoms with van der Waals surface area (Å²) < 4.78 is 41.7. The number of amides is 2. The predicted octanol–water partition coefficient (Wildman–Crippen LogP) is 4.10. The maximum absolute atomic E-state index is 13.6. The van der Waals surface area contributed by atoms with Crippen molar-refractivity contribution in [3.8, 4) is 0 Å². The van der Waals surface area contributed by atoms with Crippen molar-refractivity contribution in [3.05, 3.63) is 56.0 Å². The molecule has 0 spiro atoms. The van der Waals surface area contributed by atoms with E-state index >= 15 is 0 Å². The number of hydrogen-bond acceptors (Lipinski definition) is 5. The molecule has 2 aliphatic rings. The van der Waals surface area contributed by atoms with Crippen LogP contribution in [-0.4, -0.2) is 45.4 Å². The van der Waals surface area contributed by atoms with Gasteiger partial charge in [-0.3, -0.25) is 19.0 Å². The molecule has 38 heavy (non-hydrogen) atoms. The van der Waals surface area contributed by atoms with Gasteiger partial charge in [0.2, 0.25) is 11.9 Å². The molecule has 0 bridgehead atoms. The molecule has 2 N–H and O–H groups in total. The van der Waals surface area contributed by atoms with Crippen LogP contribution in [0.25, 0.3) is 0 Å². The number of aromatic nitrogens is 2. The van der Waals surface area contributed by atoms with Crippen LogP contribution >= 0.6 is 11.6 Å². The molecule has 0 saturated heterocycles. The monoisotopic (exact) mass is 553 g/mol. The van der Waals surface area contributed by atoms with Crippen molar-refractivity contribution in [2.45, 2.75) is 71.4 Å². The third kappa shape index (κ3) is 5.52. The normalized spacial score (nSPS) is 21.1. The van der Waals surface area contributed by atoms with Crippen molar-refractivity contribution in [2.24, 2.45) is 11.8 Å². The van der Waals surface area contributed by atoms with E-state index in [-0.39, 0.29) is 47.9 Å². The third-order valence-electron chi connectivity index (χ3n) is 7.19. The molecule has 1 aromatic carbocycles. The number of hydrogen-bond donors (Lipinski definition) is 2. The van der Waals surface area contributed by atoms with Crippen LogP contribution in [-0.2, 0) is 30.5 Å². The van der Waals surface area contributed by atoms with E-state index in [0.717, 1.165) is 12.1 Å². The smallest absolute Gasteiger partial charge is 0.359 e. The molecular formula is C26H31ClF3N5O3. The number of rotatable bonds is 6. The highest BCUT2D eigenvalue weighted by molar-refractivity contribution is 6.31. The number of halogens is 4. The first-order valence-corrected chi connectivity index (χ1v) is 13.0. The van der Waals surface area contributed by atoms with E-state index in [0.29, 0.717) is 36.6 Å². The molecule has 1 saturated carbocycles. The lowest BCUT2D eigenvalue weighted by molar-refractivity contribution is -0.137. The van der Waals surface area contributed by atoms with Gasteiger partial charge in [0.1, 0.15) is 0 Å². The highest BCUT2D eigenvalue weighted by atomic mass is 35.5. The summed E-state index contributed by atoms with van der Waals surface area (Å²) in [5.74, 6) is -0.115. The lowest BCUT2D eigenvalue weighted by Gasteiger charge is -2.37. The number of benzene rings is 1. The van der Waals surface area contributed by atoms with Gasteiger partial charge < -0.3 is 15.5 Å². The Morgan fingerprint density at radius 2 is 1.92 bits per heavy atom. The molecule has 4 rings (SSSR count). The Kier molecular flexibility index (Phi) is 7.79. The molecule has 206 valence electrons. The summed E-state index contributed by atoms with van der Waals surface area (Å²) in [6.45, 7) is 5.99. The van der Waals surface area contributed by atoms with Gasteiger partial charge in [-0.1, -0.05) is 11.6 Å². The van der Waals surface area contributed by atoms with Crippen molar-refractivity contribution < 1.29 is 22.8 Å². The average Bonchev–Trinajstić information content (AvgIpc) is 2.81. The molecule has 2 amide bonds. The van der Waals surface area contributed by atoms with Crippen molar-refractivity contribution >= 4 is 29.4 Å². The van der Waals surface area contributed by atoms with Crippen LogP contribution in [0.15, 0.2) is 23.0 Å². The Morgan fingerprint density at radius 3 is 2.53 bits per heavy atom. The Morgan fingerprint density at radius 1 is 1.24 bits per heavy atom. The summed E-state index contributed by atoms with van der Waals surface area (Å²) in [6.07, 6.45) is -3.10. The molecule has 0 unspecified atom stereocenters. The average molecular weight is 554 g/mol. The van der Waals surface area contributed by atoms with Gasteiger partial charge in [0.15, 0.2) is 0 Å². The first-order chi connectivity index (χ1) is 17.8. The second-order valence-electron chi connectivity index (χ2n) is 10.4. The van der Waals surface area contributed by atoms with Crippen LogP contribution in [0.1, 0.15) is 60.8 Å². The quantitative estimate of drug-likeness (QED) is 0.562. The lowest BCUT2D eigenvalue weighted by Crippen LogP contribution is -2.47. The van der Waals surface area contributed by atoms with E-state index in [9.17, 15) is 27.6 Å². The summed E-state index contributed by atoms with van der Waals surface area (Å²) in [7, 11) is 1.61. The summed E-state index contributed by atoms with van der Waals surface area (Å²) >= 11 is 5.72. The molecular weight excluding hydrogens is 523 g/mol. The van der Waals surface area contributed by atoms with E-state index in [4.69, 9.17) is 16.6 Å². The van der Waals surface area contributed by atoms with Gasteiger partial charge in [0, 0.05) is 42.7 Å². The van der Waals surface area contributed by atoms with Gasteiger partial charge in [-0.05, 0) is 64.2 Å². The number of fused-ring (bicyclic) bond motifs is 1. The number of anilines is 1. The van der Waals surface area contributed by atoms with Crippen molar-refractivity contribution in [1.82, 2.24) is 19.8 Å². The van der Waals surface area contributed by atoms with Crippen LogP contribution in [0.5, 0.6) is 0 Å². The molecule has 1 aliphatic heterocycles.